The maximum absolute atomic E-state index is 12.5. The van der Waals surface area contributed by atoms with Gasteiger partial charge in [0.15, 0.2) is 0 Å². The van der Waals surface area contributed by atoms with Gasteiger partial charge in [0.2, 0.25) is 5.91 Å². The number of fused-ring (bicyclic) bond motifs is 2. The molecule has 2 aliphatic rings. The summed E-state index contributed by atoms with van der Waals surface area (Å²) in [5, 5.41) is 16.9. The molecule has 1 saturated carbocycles. The molecule has 2 aromatic rings. The Bertz CT molecular complexity index is 920. The average Bonchev–Trinajstić information content (AvgIpc) is 3.22. The SMILES string of the molecule is O=C(Nc1cc2c(cc1[N+](=O)[O-])NC(=O)C21CCCC1)c1ccncc1. The van der Waals surface area contributed by atoms with Crippen LogP contribution >= 0.6 is 0 Å². The van der Waals surface area contributed by atoms with Gasteiger partial charge in [-0.05, 0) is 36.6 Å². The molecule has 1 aromatic carbocycles. The minimum absolute atomic E-state index is 0.0957. The van der Waals surface area contributed by atoms with E-state index < -0.39 is 16.2 Å². The molecule has 0 saturated heterocycles. The van der Waals surface area contributed by atoms with Crippen molar-refractivity contribution in [2.45, 2.75) is 31.1 Å². The van der Waals surface area contributed by atoms with Gasteiger partial charge in [0.05, 0.1) is 16.0 Å². The lowest BCUT2D eigenvalue weighted by Crippen LogP contribution is -2.31. The summed E-state index contributed by atoms with van der Waals surface area (Å²) in [5.74, 6) is -0.579. The number of nitro groups is 1. The summed E-state index contributed by atoms with van der Waals surface area (Å²) in [7, 11) is 0. The van der Waals surface area contributed by atoms with E-state index in [4.69, 9.17) is 0 Å². The molecule has 8 nitrogen and oxygen atoms in total. The average molecular weight is 352 g/mol. The predicted octanol–water partition coefficient (Wildman–Crippen LogP) is 3.01. The number of anilines is 2. The Hall–Kier alpha value is -3.29. The number of amides is 2. The van der Waals surface area contributed by atoms with Crippen molar-refractivity contribution in [3.63, 3.8) is 0 Å². The van der Waals surface area contributed by atoms with Crippen LogP contribution in [0.4, 0.5) is 17.1 Å². The molecular formula is C18H16N4O4. The molecule has 8 heteroatoms. The number of nitrogens with one attached hydrogen (secondary N) is 2. The number of pyridine rings is 1. The molecule has 132 valence electrons. The summed E-state index contributed by atoms with van der Waals surface area (Å²) < 4.78 is 0. The third-order valence-corrected chi connectivity index (χ3v) is 5.18. The molecule has 1 aliphatic heterocycles. The normalized spacial score (nSPS) is 17.0. The van der Waals surface area contributed by atoms with Gasteiger partial charge >= 0.3 is 0 Å². The third kappa shape index (κ3) is 2.42. The van der Waals surface area contributed by atoms with Crippen LogP contribution in [0.1, 0.15) is 41.6 Å². The Kier molecular flexibility index (Phi) is 3.68. The number of hydrogen-bond acceptors (Lipinski definition) is 5. The largest absolute Gasteiger partial charge is 0.325 e. The first-order valence-electron chi connectivity index (χ1n) is 8.37. The van der Waals surface area contributed by atoms with Crippen LogP contribution in [0, 0.1) is 10.1 Å². The fourth-order valence-corrected chi connectivity index (χ4v) is 3.88. The van der Waals surface area contributed by atoms with Gasteiger partial charge < -0.3 is 10.6 Å². The second kappa shape index (κ2) is 5.91. The van der Waals surface area contributed by atoms with Gasteiger partial charge in [-0.1, -0.05) is 12.8 Å². The lowest BCUT2D eigenvalue weighted by Gasteiger charge is -2.21. The highest BCUT2D eigenvalue weighted by Gasteiger charge is 2.49. The highest BCUT2D eigenvalue weighted by atomic mass is 16.6. The maximum Gasteiger partial charge on any atom is 0.294 e. The van der Waals surface area contributed by atoms with E-state index in [0.29, 0.717) is 24.1 Å². The van der Waals surface area contributed by atoms with Crippen molar-refractivity contribution in [1.82, 2.24) is 4.98 Å². The number of aromatic nitrogens is 1. The van der Waals surface area contributed by atoms with Crippen LogP contribution in [-0.4, -0.2) is 21.7 Å². The van der Waals surface area contributed by atoms with Gasteiger partial charge in [0.25, 0.3) is 11.6 Å². The molecule has 0 unspecified atom stereocenters. The zero-order chi connectivity index (χ0) is 18.3. The fraction of sp³-hybridized carbons (Fsp3) is 0.278. The summed E-state index contributed by atoms with van der Waals surface area (Å²) in [4.78, 5) is 39.7. The second-order valence-corrected chi connectivity index (χ2v) is 6.61. The zero-order valence-corrected chi connectivity index (χ0v) is 13.8. The molecule has 26 heavy (non-hydrogen) atoms. The smallest absolute Gasteiger partial charge is 0.294 e. The van der Waals surface area contributed by atoms with Gasteiger partial charge in [0.1, 0.15) is 5.69 Å². The lowest BCUT2D eigenvalue weighted by atomic mass is 9.80. The van der Waals surface area contributed by atoms with Gasteiger partial charge in [0, 0.05) is 24.0 Å². The maximum atomic E-state index is 12.5. The minimum atomic E-state index is -0.638. The summed E-state index contributed by atoms with van der Waals surface area (Å²) in [6.07, 6.45) is 6.23. The Labute approximate surface area is 148 Å². The summed E-state index contributed by atoms with van der Waals surface area (Å²) in [6, 6.07) is 5.97. The monoisotopic (exact) mass is 352 g/mol. The number of carbonyl (C=O) groups excluding carboxylic acids is 2. The van der Waals surface area contributed by atoms with Crippen LogP contribution in [0.3, 0.4) is 0 Å². The standard InChI is InChI=1S/C18H16N4O4/c23-16(11-3-7-19-8-4-11)20-14-9-12-13(10-15(14)22(25)26)21-17(24)18(12)5-1-2-6-18/h3-4,7-10H,1-2,5-6H2,(H,20,23)(H,21,24). The van der Waals surface area contributed by atoms with Gasteiger partial charge in [-0.2, -0.15) is 0 Å². The number of hydrogen-bond donors (Lipinski definition) is 2. The molecule has 0 radical (unpaired) electrons. The Balaban J connectivity index is 1.77. The fourth-order valence-electron chi connectivity index (χ4n) is 3.88. The van der Waals surface area contributed by atoms with Crippen LogP contribution in [0.2, 0.25) is 0 Å². The molecule has 1 aromatic heterocycles. The molecule has 1 spiro atoms. The van der Waals surface area contributed by atoms with Crippen LogP contribution in [0.15, 0.2) is 36.7 Å². The van der Waals surface area contributed by atoms with E-state index in [1.165, 1.54) is 30.6 Å². The highest BCUT2D eigenvalue weighted by Crippen LogP contribution is 2.51. The van der Waals surface area contributed by atoms with E-state index in [0.717, 1.165) is 18.4 Å². The molecule has 1 aliphatic carbocycles. The zero-order valence-electron chi connectivity index (χ0n) is 13.8. The first-order chi connectivity index (χ1) is 12.5. The van der Waals surface area contributed by atoms with Crippen LogP contribution < -0.4 is 10.6 Å². The lowest BCUT2D eigenvalue weighted by molar-refractivity contribution is -0.383. The number of carbonyl (C=O) groups is 2. The molecule has 4 rings (SSSR count). The molecule has 1 fully saturated rings. The second-order valence-electron chi connectivity index (χ2n) is 6.61. The van der Waals surface area contributed by atoms with E-state index >= 15 is 0 Å². The Morgan fingerprint density at radius 2 is 1.92 bits per heavy atom. The van der Waals surface area contributed by atoms with Crippen molar-refractivity contribution in [2.24, 2.45) is 0 Å². The van der Waals surface area contributed by atoms with Crippen LogP contribution in [0.5, 0.6) is 0 Å². The van der Waals surface area contributed by atoms with E-state index in [9.17, 15) is 19.7 Å². The predicted molar refractivity (Wildman–Crippen MR) is 94.1 cm³/mol. The first-order valence-corrected chi connectivity index (χ1v) is 8.37. The van der Waals surface area contributed by atoms with Crippen molar-refractivity contribution in [3.8, 4) is 0 Å². The van der Waals surface area contributed by atoms with Gasteiger partial charge in [-0.25, -0.2) is 0 Å². The Morgan fingerprint density at radius 3 is 2.58 bits per heavy atom. The van der Waals surface area contributed by atoms with E-state index in [2.05, 4.69) is 15.6 Å². The van der Waals surface area contributed by atoms with E-state index in [-0.39, 0.29) is 17.3 Å². The number of rotatable bonds is 3. The quantitative estimate of drug-likeness (QED) is 0.651. The van der Waals surface area contributed by atoms with Gasteiger partial charge in [-0.3, -0.25) is 24.7 Å². The summed E-state index contributed by atoms with van der Waals surface area (Å²) >= 11 is 0. The number of nitrogens with zero attached hydrogens (tertiary/aromatic N) is 2. The summed E-state index contributed by atoms with van der Waals surface area (Å²) in [5.41, 5.74) is 0.751. The van der Waals surface area contributed by atoms with Crippen molar-refractivity contribution in [3.05, 3.63) is 57.9 Å². The van der Waals surface area contributed by atoms with Crippen molar-refractivity contribution in [1.29, 1.82) is 0 Å². The van der Waals surface area contributed by atoms with Crippen LogP contribution in [0.25, 0.3) is 0 Å². The molecule has 0 atom stereocenters. The summed E-state index contributed by atoms with van der Waals surface area (Å²) in [6.45, 7) is 0. The van der Waals surface area contributed by atoms with E-state index in [1.807, 2.05) is 0 Å². The minimum Gasteiger partial charge on any atom is -0.325 e. The van der Waals surface area contributed by atoms with Crippen molar-refractivity contribution >= 4 is 28.9 Å². The van der Waals surface area contributed by atoms with Crippen LogP contribution in [-0.2, 0) is 10.2 Å². The van der Waals surface area contributed by atoms with E-state index in [1.54, 1.807) is 6.07 Å². The number of benzene rings is 1. The Morgan fingerprint density at radius 1 is 1.23 bits per heavy atom. The van der Waals surface area contributed by atoms with Crippen molar-refractivity contribution in [2.75, 3.05) is 10.6 Å². The molecule has 2 N–H and O–H groups in total. The first kappa shape index (κ1) is 16.2. The molecule has 0 bridgehead atoms. The molecule has 2 heterocycles. The third-order valence-electron chi connectivity index (χ3n) is 5.18. The highest BCUT2D eigenvalue weighted by molar-refractivity contribution is 6.09. The molecule has 2 amide bonds. The van der Waals surface area contributed by atoms with Crippen molar-refractivity contribution < 1.29 is 14.5 Å². The van der Waals surface area contributed by atoms with Gasteiger partial charge in [-0.15, -0.1) is 0 Å². The molecular weight excluding hydrogens is 336 g/mol. The topological polar surface area (TPSA) is 114 Å². The number of nitro benzene ring substituents is 1.